The molecule has 3 nitrogen and oxygen atoms in total. The van der Waals surface area contributed by atoms with E-state index in [0.717, 1.165) is 43.4 Å². The summed E-state index contributed by atoms with van der Waals surface area (Å²) in [5.74, 6) is 0. The van der Waals surface area contributed by atoms with Crippen molar-refractivity contribution in [1.82, 2.24) is 4.90 Å². The van der Waals surface area contributed by atoms with Crippen LogP contribution in [0.2, 0.25) is 5.02 Å². The van der Waals surface area contributed by atoms with Crippen LogP contribution in [-0.4, -0.2) is 38.1 Å². The van der Waals surface area contributed by atoms with Crippen molar-refractivity contribution in [3.05, 3.63) is 59.1 Å². The molecule has 0 spiro atoms. The zero-order chi connectivity index (χ0) is 15.4. The lowest BCUT2D eigenvalue weighted by Crippen LogP contribution is -2.44. The number of likely N-dealkylation sites (N-methyl/N-ethyl adjacent to an activating group) is 1. The normalized spacial score (nSPS) is 15.8. The minimum Gasteiger partial charge on any atom is -0.381 e. The highest BCUT2D eigenvalue weighted by Crippen LogP contribution is 2.20. The molecule has 22 heavy (non-hydrogen) atoms. The van der Waals surface area contributed by atoms with Crippen molar-refractivity contribution >= 4 is 23.0 Å². The van der Waals surface area contributed by atoms with E-state index in [1.165, 1.54) is 11.3 Å². The van der Waals surface area contributed by atoms with Gasteiger partial charge in [0, 0.05) is 49.1 Å². The van der Waals surface area contributed by atoms with Crippen LogP contribution in [0.4, 0.5) is 11.4 Å². The van der Waals surface area contributed by atoms with Gasteiger partial charge in [-0.15, -0.1) is 0 Å². The summed E-state index contributed by atoms with van der Waals surface area (Å²) in [5.41, 5.74) is 3.69. The molecule has 0 atom stereocenters. The quantitative estimate of drug-likeness (QED) is 0.928. The Labute approximate surface area is 137 Å². The molecule has 0 aliphatic carbocycles. The molecule has 1 aliphatic rings. The number of nitrogens with zero attached hydrogens (tertiary/aromatic N) is 2. The van der Waals surface area contributed by atoms with E-state index in [0.29, 0.717) is 0 Å². The van der Waals surface area contributed by atoms with Crippen molar-refractivity contribution in [2.75, 3.05) is 43.4 Å². The van der Waals surface area contributed by atoms with E-state index in [1.54, 1.807) is 0 Å². The Morgan fingerprint density at radius 1 is 0.909 bits per heavy atom. The summed E-state index contributed by atoms with van der Waals surface area (Å²) < 4.78 is 0. The Balaban J connectivity index is 1.56. The molecular formula is C18H22ClN3. The van der Waals surface area contributed by atoms with E-state index in [-0.39, 0.29) is 0 Å². The van der Waals surface area contributed by atoms with Gasteiger partial charge in [-0.05, 0) is 49.0 Å². The van der Waals surface area contributed by atoms with Gasteiger partial charge in [0.25, 0.3) is 0 Å². The van der Waals surface area contributed by atoms with Gasteiger partial charge < -0.3 is 15.1 Å². The van der Waals surface area contributed by atoms with E-state index in [1.807, 2.05) is 24.3 Å². The summed E-state index contributed by atoms with van der Waals surface area (Å²) in [6.45, 7) is 5.29. The Kier molecular flexibility index (Phi) is 4.86. The maximum absolute atomic E-state index is 5.90. The molecule has 0 unspecified atom stereocenters. The van der Waals surface area contributed by atoms with Crippen LogP contribution in [0.15, 0.2) is 48.5 Å². The Bertz CT molecular complexity index is 587. The molecule has 0 saturated carbocycles. The molecular weight excluding hydrogens is 294 g/mol. The number of halogens is 1. The topological polar surface area (TPSA) is 18.5 Å². The summed E-state index contributed by atoms with van der Waals surface area (Å²) in [6.07, 6.45) is 0. The maximum atomic E-state index is 5.90. The fraction of sp³-hybridized carbons (Fsp3) is 0.333. The number of benzene rings is 2. The third-order valence-electron chi connectivity index (χ3n) is 4.15. The van der Waals surface area contributed by atoms with Gasteiger partial charge in [0.15, 0.2) is 0 Å². The highest BCUT2D eigenvalue weighted by molar-refractivity contribution is 6.30. The van der Waals surface area contributed by atoms with Gasteiger partial charge in [0.2, 0.25) is 0 Å². The summed E-state index contributed by atoms with van der Waals surface area (Å²) >= 11 is 5.90. The lowest BCUT2D eigenvalue weighted by molar-refractivity contribution is 0.313. The smallest absolute Gasteiger partial charge is 0.0406 e. The molecule has 0 amide bonds. The molecule has 1 saturated heterocycles. The average Bonchev–Trinajstić information content (AvgIpc) is 2.56. The largest absolute Gasteiger partial charge is 0.381 e. The molecule has 0 radical (unpaired) electrons. The summed E-state index contributed by atoms with van der Waals surface area (Å²) in [7, 11) is 2.18. The van der Waals surface area contributed by atoms with Crippen LogP contribution < -0.4 is 10.2 Å². The van der Waals surface area contributed by atoms with Gasteiger partial charge in [-0.1, -0.05) is 23.7 Å². The fourth-order valence-corrected chi connectivity index (χ4v) is 2.79. The third kappa shape index (κ3) is 3.93. The van der Waals surface area contributed by atoms with Gasteiger partial charge in [-0.3, -0.25) is 0 Å². The van der Waals surface area contributed by atoms with Crippen LogP contribution in [0.3, 0.4) is 0 Å². The number of hydrogen-bond acceptors (Lipinski definition) is 3. The zero-order valence-electron chi connectivity index (χ0n) is 12.9. The van der Waals surface area contributed by atoms with Gasteiger partial charge in [0.1, 0.15) is 0 Å². The van der Waals surface area contributed by atoms with Crippen LogP contribution in [0, 0.1) is 0 Å². The molecule has 1 heterocycles. The minimum atomic E-state index is 0.778. The standard InChI is InChI=1S/C18H22ClN3/c1-21-10-12-22(13-11-21)18-8-6-17(7-9-18)20-14-15-2-4-16(19)5-3-15/h2-9,20H,10-14H2,1H3. The SMILES string of the molecule is CN1CCN(c2ccc(NCc3ccc(Cl)cc3)cc2)CC1. The van der Waals surface area contributed by atoms with Crippen molar-refractivity contribution in [2.24, 2.45) is 0 Å². The molecule has 3 rings (SSSR count). The van der Waals surface area contributed by atoms with Gasteiger partial charge in [-0.2, -0.15) is 0 Å². The molecule has 116 valence electrons. The zero-order valence-corrected chi connectivity index (χ0v) is 13.7. The third-order valence-corrected chi connectivity index (χ3v) is 4.40. The maximum Gasteiger partial charge on any atom is 0.0406 e. The van der Waals surface area contributed by atoms with Crippen molar-refractivity contribution in [2.45, 2.75) is 6.54 Å². The second-order valence-electron chi connectivity index (χ2n) is 5.82. The van der Waals surface area contributed by atoms with Gasteiger partial charge in [-0.25, -0.2) is 0 Å². The van der Waals surface area contributed by atoms with E-state index < -0.39 is 0 Å². The van der Waals surface area contributed by atoms with Crippen LogP contribution >= 0.6 is 11.6 Å². The van der Waals surface area contributed by atoms with E-state index in [9.17, 15) is 0 Å². The molecule has 0 bridgehead atoms. The molecule has 4 heteroatoms. The van der Waals surface area contributed by atoms with E-state index in [4.69, 9.17) is 11.6 Å². The Morgan fingerprint density at radius 3 is 2.18 bits per heavy atom. The van der Waals surface area contributed by atoms with Gasteiger partial charge in [0.05, 0.1) is 0 Å². The van der Waals surface area contributed by atoms with Crippen molar-refractivity contribution in [3.63, 3.8) is 0 Å². The van der Waals surface area contributed by atoms with E-state index in [2.05, 4.69) is 46.4 Å². The predicted molar refractivity (Wildman–Crippen MR) is 94.9 cm³/mol. The number of piperazine rings is 1. The predicted octanol–water partition coefficient (Wildman–Crippen LogP) is 3.70. The molecule has 0 aromatic heterocycles. The van der Waals surface area contributed by atoms with Crippen LogP contribution in [0.5, 0.6) is 0 Å². The highest BCUT2D eigenvalue weighted by atomic mass is 35.5. The Hall–Kier alpha value is -1.71. The second kappa shape index (κ2) is 7.03. The molecule has 1 fully saturated rings. The van der Waals surface area contributed by atoms with Crippen LogP contribution in [-0.2, 0) is 6.54 Å². The molecule has 1 aliphatic heterocycles. The first-order chi connectivity index (χ1) is 10.7. The van der Waals surface area contributed by atoms with E-state index >= 15 is 0 Å². The fourth-order valence-electron chi connectivity index (χ4n) is 2.66. The lowest BCUT2D eigenvalue weighted by atomic mass is 10.2. The number of anilines is 2. The first-order valence-corrected chi connectivity index (χ1v) is 8.10. The number of hydrogen-bond donors (Lipinski definition) is 1. The Morgan fingerprint density at radius 2 is 1.55 bits per heavy atom. The molecule has 2 aromatic carbocycles. The summed E-state index contributed by atoms with van der Waals surface area (Å²) in [5, 5.41) is 4.23. The number of rotatable bonds is 4. The van der Waals surface area contributed by atoms with Crippen molar-refractivity contribution < 1.29 is 0 Å². The summed E-state index contributed by atoms with van der Waals surface area (Å²) in [4.78, 5) is 4.82. The molecule has 2 aromatic rings. The number of nitrogens with one attached hydrogen (secondary N) is 1. The van der Waals surface area contributed by atoms with Crippen LogP contribution in [0.1, 0.15) is 5.56 Å². The van der Waals surface area contributed by atoms with Gasteiger partial charge >= 0.3 is 0 Å². The lowest BCUT2D eigenvalue weighted by Gasteiger charge is -2.34. The van der Waals surface area contributed by atoms with Crippen LogP contribution in [0.25, 0.3) is 0 Å². The minimum absolute atomic E-state index is 0.778. The van der Waals surface area contributed by atoms with Crippen molar-refractivity contribution in [1.29, 1.82) is 0 Å². The monoisotopic (exact) mass is 315 g/mol. The van der Waals surface area contributed by atoms with Crippen molar-refractivity contribution in [3.8, 4) is 0 Å². The average molecular weight is 316 g/mol. The second-order valence-corrected chi connectivity index (χ2v) is 6.25. The first-order valence-electron chi connectivity index (χ1n) is 7.72. The summed E-state index contributed by atoms with van der Waals surface area (Å²) in [6, 6.07) is 16.7. The highest BCUT2D eigenvalue weighted by Gasteiger charge is 2.13. The molecule has 1 N–H and O–H groups in total. The first kappa shape index (κ1) is 15.2.